The van der Waals surface area contributed by atoms with Crippen LogP contribution in [-0.4, -0.2) is 15.1 Å². The van der Waals surface area contributed by atoms with Gasteiger partial charge in [0, 0.05) is 5.75 Å². The molecule has 1 aromatic rings. The molecular weight excluding hydrogens is 152 g/mol. The second-order valence-corrected chi connectivity index (χ2v) is 2.02. The Morgan fingerprint density at radius 3 is 3.00 bits per heavy atom. The van der Waals surface area contributed by atoms with Crippen molar-refractivity contribution in [1.29, 1.82) is 0 Å². The summed E-state index contributed by atoms with van der Waals surface area (Å²) < 4.78 is 0. The van der Waals surface area contributed by atoms with E-state index in [0.717, 1.165) is 6.20 Å². The van der Waals surface area contributed by atoms with Crippen LogP contribution in [0.5, 0.6) is 5.75 Å². The van der Waals surface area contributed by atoms with E-state index in [-0.39, 0.29) is 5.75 Å². The molecule has 0 unspecified atom stereocenters. The molecule has 0 bridgehead atoms. The van der Waals surface area contributed by atoms with Crippen molar-refractivity contribution in [1.82, 2.24) is 9.97 Å². The molecule has 0 aliphatic heterocycles. The van der Waals surface area contributed by atoms with Crippen LogP contribution in [0, 0.1) is 0 Å². The van der Waals surface area contributed by atoms with Gasteiger partial charge in [-0.3, -0.25) is 4.79 Å². The van der Waals surface area contributed by atoms with E-state index in [1.165, 1.54) is 0 Å². The predicted molar refractivity (Wildman–Crippen MR) is 39.2 cm³/mol. The number of aromatic nitrogens is 2. The van der Waals surface area contributed by atoms with Crippen molar-refractivity contribution >= 4 is 12.6 Å². The molecule has 0 saturated heterocycles. The van der Waals surface area contributed by atoms with Crippen molar-refractivity contribution in [2.24, 2.45) is 0 Å². The molecule has 1 heterocycles. The SMILES string of the molecule is O=c1[nH]c(CS)ncc1O. The van der Waals surface area contributed by atoms with E-state index in [4.69, 9.17) is 5.11 Å². The smallest absolute Gasteiger partial charge is 0.293 e. The molecule has 0 aliphatic carbocycles. The first-order valence-corrected chi connectivity index (χ1v) is 3.25. The zero-order chi connectivity index (χ0) is 7.56. The van der Waals surface area contributed by atoms with Gasteiger partial charge in [0.05, 0.1) is 6.20 Å². The Labute approximate surface area is 62.3 Å². The Bertz CT molecular complexity index is 283. The van der Waals surface area contributed by atoms with E-state index in [0.29, 0.717) is 11.6 Å². The molecular formula is C5H6N2O2S. The van der Waals surface area contributed by atoms with E-state index < -0.39 is 5.56 Å². The summed E-state index contributed by atoms with van der Waals surface area (Å²) in [4.78, 5) is 16.6. The highest BCUT2D eigenvalue weighted by atomic mass is 32.1. The van der Waals surface area contributed by atoms with Gasteiger partial charge in [-0.25, -0.2) is 4.98 Å². The quantitative estimate of drug-likeness (QED) is 0.500. The lowest BCUT2D eigenvalue weighted by molar-refractivity contribution is 0.462. The molecule has 2 N–H and O–H groups in total. The summed E-state index contributed by atoms with van der Waals surface area (Å²) in [6, 6.07) is 0. The standard InChI is InChI=1S/C5H6N2O2S/c8-3-1-6-4(2-10)7-5(3)9/h1,8,10H,2H2,(H,6,7,9). The highest BCUT2D eigenvalue weighted by Gasteiger charge is 1.96. The Hall–Kier alpha value is -0.970. The van der Waals surface area contributed by atoms with Crippen LogP contribution >= 0.6 is 12.6 Å². The van der Waals surface area contributed by atoms with Gasteiger partial charge in [0.25, 0.3) is 5.56 Å². The second kappa shape index (κ2) is 2.74. The van der Waals surface area contributed by atoms with Gasteiger partial charge in [-0.05, 0) is 0 Å². The average molecular weight is 158 g/mol. The summed E-state index contributed by atoms with van der Waals surface area (Å²) in [5.41, 5.74) is -0.529. The molecule has 0 aliphatic rings. The zero-order valence-electron chi connectivity index (χ0n) is 5.03. The molecule has 0 aromatic carbocycles. The fraction of sp³-hybridized carbons (Fsp3) is 0.200. The molecule has 10 heavy (non-hydrogen) atoms. The van der Waals surface area contributed by atoms with Crippen LogP contribution in [-0.2, 0) is 5.75 Å². The average Bonchev–Trinajstić information content (AvgIpc) is 1.95. The summed E-state index contributed by atoms with van der Waals surface area (Å²) >= 11 is 3.88. The summed E-state index contributed by atoms with van der Waals surface area (Å²) in [6.07, 6.45) is 1.10. The van der Waals surface area contributed by atoms with Crippen molar-refractivity contribution < 1.29 is 5.11 Å². The predicted octanol–water partition coefficient (Wildman–Crippen LogP) is -0.0947. The third kappa shape index (κ3) is 1.30. The Morgan fingerprint density at radius 2 is 2.50 bits per heavy atom. The van der Waals surface area contributed by atoms with E-state index in [9.17, 15) is 4.79 Å². The van der Waals surface area contributed by atoms with Crippen molar-refractivity contribution in [3.8, 4) is 5.75 Å². The lowest BCUT2D eigenvalue weighted by Crippen LogP contribution is -2.08. The number of nitrogens with zero attached hydrogens (tertiary/aromatic N) is 1. The number of aromatic amines is 1. The minimum atomic E-state index is -0.529. The minimum absolute atomic E-state index is 0.357. The van der Waals surface area contributed by atoms with Crippen LogP contribution in [0.3, 0.4) is 0 Å². The van der Waals surface area contributed by atoms with Crippen molar-refractivity contribution in [2.75, 3.05) is 0 Å². The van der Waals surface area contributed by atoms with Crippen LogP contribution in [0.15, 0.2) is 11.0 Å². The molecule has 0 atom stereocenters. The molecule has 0 spiro atoms. The van der Waals surface area contributed by atoms with Crippen LogP contribution < -0.4 is 5.56 Å². The van der Waals surface area contributed by atoms with Crippen LogP contribution in [0.25, 0.3) is 0 Å². The van der Waals surface area contributed by atoms with E-state index in [2.05, 4.69) is 22.6 Å². The van der Waals surface area contributed by atoms with Crippen molar-refractivity contribution in [3.63, 3.8) is 0 Å². The first-order valence-electron chi connectivity index (χ1n) is 2.62. The number of rotatable bonds is 1. The van der Waals surface area contributed by atoms with Crippen molar-refractivity contribution in [3.05, 3.63) is 22.4 Å². The zero-order valence-corrected chi connectivity index (χ0v) is 5.93. The molecule has 1 rings (SSSR count). The van der Waals surface area contributed by atoms with Crippen LogP contribution in [0.1, 0.15) is 5.82 Å². The van der Waals surface area contributed by atoms with Gasteiger partial charge in [0.1, 0.15) is 5.82 Å². The highest BCUT2D eigenvalue weighted by molar-refractivity contribution is 7.79. The number of H-pyrrole nitrogens is 1. The van der Waals surface area contributed by atoms with Gasteiger partial charge >= 0.3 is 0 Å². The summed E-state index contributed by atoms with van der Waals surface area (Å²) in [7, 11) is 0. The Morgan fingerprint density at radius 1 is 1.80 bits per heavy atom. The lowest BCUT2D eigenvalue weighted by Gasteiger charge is -1.93. The van der Waals surface area contributed by atoms with E-state index in [1.54, 1.807) is 0 Å². The molecule has 0 fully saturated rings. The van der Waals surface area contributed by atoms with Gasteiger partial charge in [-0.1, -0.05) is 0 Å². The number of thiol groups is 1. The fourth-order valence-corrected chi connectivity index (χ4v) is 0.666. The largest absolute Gasteiger partial charge is 0.502 e. The Kier molecular flexibility index (Phi) is 1.96. The van der Waals surface area contributed by atoms with Crippen molar-refractivity contribution in [2.45, 2.75) is 5.75 Å². The highest BCUT2D eigenvalue weighted by Crippen LogP contribution is 1.96. The maximum Gasteiger partial charge on any atom is 0.293 e. The summed E-state index contributed by atoms with van der Waals surface area (Å²) in [5.74, 6) is 0.437. The number of aromatic hydroxyl groups is 1. The maximum atomic E-state index is 10.6. The fourth-order valence-electron chi connectivity index (χ4n) is 0.505. The Balaban J connectivity index is 3.17. The summed E-state index contributed by atoms with van der Waals surface area (Å²) in [6.45, 7) is 0. The molecule has 5 heteroatoms. The molecule has 0 saturated carbocycles. The molecule has 1 aromatic heterocycles. The van der Waals surface area contributed by atoms with Crippen LogP contribution in [0.2, 0.25) is 0 Å². The number of hydrogen-bond donors (Lipinski definition) is 3. The van der Waals surface area contributed by atoms with Gasteiger partial charge in [0.2, 0.25) is 0 Å². The van der Waals surface area contributed by atoms with Gasteiger partial charge in [-0.15, -0.1) is 0 Å². The third-order valence-electron chi connectivity index (χ3n) is 0.983. The molecule has 4 nitrogen and oxygen atoms in total. The van der Waals surface area contributed by atoms with E-state index >= 15 is 0 Å². The first kappa shape index (κ1) is 7.14. The minimum Gasteiger partial charge on any atom is -0.502 e. The second-order valence-electron chi connectivity index (χ2n) is 1.70. The molecule has 0 radical (unpaired) electrons. The van der Waals surface area contributed by atoms with Crippen LogP contribution in [0.4, 0.5) is 0 Å². The van der Waals surface area contributed by atoms with Gasteiger partial charge in [0.15, 0.2) is 5.75 Å². The van der Waals surface area contributed by atoms with Gasteiger partial charge < -0.3 is 10.1 Å². The molecule has 54 valence electrons. The topological polar surface area (TPSA) is 66.0 Å². The third-order valence-corrected chi connectivity index (χ3v) is 1.28. The maximum absolute atomic E-state index is 10.6. The first-order chi connectivity index (χ1) is 4.74. The number of hydrogen-bond acceptors (Lipinski definition) is 4. The number of nitrogens with one attached hydrogen (secondary N) is 1. The molecule has 0 amide bonds. The van der Waals surface area contributed by atoms with Gasteiger partial charge in [-0.2, -0.15) is 12.6 Å². The van der Waals surface area contributed by atoms with E-state index in [1.807, 2.05) is 0 Å². The summed E-state index contributed by atoms with van der Waals surface area (Å²) in [5, 5.41) is 8.71. The lowest BCUT2D eigenvalue weighted by atomic mass is 10.5. The monoisotopic (exact) mass is 158 g/mol. The normalized spacial score (nSPS) is 9.70.